The van der Waals surface area contributed by atoms with Crippen molar-refractivity contribution in [3.05, 3.63) is 47.3 Å². The second-order valence-electron chi connectivity index (χ2n) is 3.71. The van der Waals surface area contributed by atoms with Crippen molar-refractivity contribution in [2.45, 2.75) is 20.5 Å². The molecule has 1 heterocycles. The monoisotopic (exact) mass is 231 g/mol. The van der Waals surface area contributed by atoms with Crippen molar-refractivity contribution in [1.29, 1.82) is 0 Å². The van der Waals surface area contributed by atoms with E-state index in [9.17, 15) is 4.79 Å². The average Bonchev–Trinajstić information content (AvgIpc) is 2.69. The van der Waals surface area contributed by atoms with Crippen LogP contribution in [0.25, 0.3) is 0 Å². The van der Waals surface area contributed by atoms with E-state index in [0.29, 0.717) is 5.69 Å². The lowest BCUT2D eigenvalue weighted by Crippen LogP contribution is -2.16. The molecular formula is C12H13N3O2. The number of aromatic nitrogens is 3. The highest BCUT2D eigenvalue weighted by atomic mass is 16.6. The first-order chi connectivity index (χ1) is 8.18. The molecule has 88 valence electrons. The zero-order chi connectivity index (χ0) is 12.3. The number of carbonyl (C=O) groups excluding carboxylic acids is 1. The average molecular weight is 231 g/mol. The SMILES string of the molecule is Cc1nnn(C(=O)OCc2ccccc2)c1C. The molecule has 0 bridgehead atoms. The molecule has 0 saturated heterocycles. The minimum Gasteiger partial charge on any atom is -0.443 e. The highest BCUT2D eigenvalue weighted by Gasteiger charge is 2.13. The Morgan fingerprint density at radius 2 is 2.00 bits per heavy atom. The summed E-state index contributed by atoms with van der Waals surface area (Å²) in [5.41, 5.74) is 2.36. The van der Waals surface area contributed by atoms with Crippen LogP contribution in [0.5, 0.6) is 0 Å². The van der Waals surface area contributed by atoms with Gasteiger partial charge in [0.05, 0.1) is 11.4 Å². The van der Waals surface area contributed by atoms with Gasteiger partial charge in [0.15, 0.2) is 0 Å². The van der Waals surface area contributed by atoms with E-state index in [2.05, 4.69) is 10.3 Å². The highest BCUT2D eigenvalue weighted by Crippen LogP contribution is 2.05. The summed E-state index contributed by atoms with van der Waals surface area (Å²) in [4.78, 5) is 11.7. The van der Waals surface area contributed by atoms with Crippen molar-refractivity contribution in [3.8, 4) is 0 Å². The molecule has 0 aliphatic heterocycles. The van der Waals surface area contributed by atoms with Crippen molar-refractivity contribution in [2.75, 3.05) is 0 Å². The van der Waals surface area contributed by atoms with Gasteiger partial charge in [-0.05, 0) is 19.4 Å². The summed E-state index contributed by atoms with van der Waals surface area (Å²) >= 11 is 0. The number of hydrogen-bond donors (Lipinski definition) is 0. The van der Waals surface area contributed by atoms with Crippen molar-refractivity contribution in [1.82, 2.24) is 15.0 Å². The molecule has 1 aromatic heterocycles. The first-order valence-corrected chi connectivity index (χ1v) is 5.28. The fourth-order valence-electron chi connectivity index (χ4n) is 1.36. The van der Waals surface area contributed by atoms with Crippen molar-refractivity contribution >= 4 is 6.09 Å². The first-order valence-electron chi connectivity index (χ1n) is 5.28. The van der Waals surface area contributed by atoms with Crippen LogP contribution in [0.2, 0.25) is 0 Å². The molecule has 2 rings (SSSR count). The standard InChI is InChI=1S/C12H13N3O2/c1-9-10(2)15(14-13-9)12(16)17-8-11-6-4-3-5-7-11/h3-7H,8H2,1-2H3. The number of aryl methyl sites for hydroxylation is 1. The summed E-state index contributed by atoms with van der Waals surface area (Å²) in [5.74, 6) is 0. The topological polar surface area (TPSA) is 57.0 Å². The fourth-order valence-corrected chi connectivity index (χ4v) is 1.36. The second-order valence-corrected chi connectivity index (χ2v) is 3.71. The lowest BCUT2D eigenvalue weighted by Gasteiger charge is -2.04. The molecule has 0 atom stereocenters. The van der Waals surface area contributed by atoms with Crippen LogP contribution < -0.4 is 0 Å². The third-order valence-electron chi connectivity index (χ3n) is 2.50. The van der Waals surface area contributed by atoms with E-state index >= 15 is 0 Å². The molecule has 0 radical (unpaired) electrons. The van der Waals surface area contributed by atoms with E-state index in [-0.39, 0.29) is 6.61 Å². The van der Waals surface area contributed by atoms with Crippen LogP contribution in [-0.4, -0.2) is 21.1 Å². The van der Waals surface area contributed by atoms with Gasteiger partial charge in [-0.25, -0.2) is 4.79 Å². The van der Waals surface area contributed by atoms with E-state index in [0.717, 1.165) is 15.9 Å². The Hall–Kier alpha value is -2.17. The van der Waals surface area contributed by atoms with Crippen LogP contribution in [-0.2, 0) is 11.3 Å². The van der Waals surface area contributed by atoms with Crippen molar-refractivity contribution < 1.29 is 9.53 Å². The van der Waals surface area contributed by atoms with Gasteiger partial charge in [-0.2, -0.15) is 0 Å². The predicted molar refractivity (Wildman–Crippen MR) is 61.5 cm³/mol. The largest absolute Gasteiger partial charge is 0.443 e. The molecule has 1 aromatic carbocycles. The Balaban J connectivity index is 2.01. The number of nitrogens with zero attached hydrogens (tertiary/aromatic N) is 3. The maximum atomic E-state index is 11.7. The lowest BCUT2D eigenvalue weighted by molar-refractivity contribution is 0.136. The number of ether oxygens (including phenoxy) is 1. The second kappa shape index (κ2) is 4.78. The van der Waals surface area contributed by atoms with Gasteiger partial charge in [0.25, 0.3) is 0 Å². The Bertz CT molecular complexity index is 520. The molecule has 0 aliphatic rings. The molecule has 0 fully saturated rings. The normalized spacial score (nSPS) is 10.2. The zero-order valence-electron chi connectivity index (χ0n) is 9.75. The van der Waals surface area contributed by atoms with E-state index < -0.39 is 6.09 Å². The quantitative estimate of drug-likeness (QED) is 0.794. The van der Waals surface area contributed by atoms with Crippen LogP contribution in [0, 0.1) is 13.8 Å². The van der Waals surface area contributed by atoms with Gasteiger partial charge >= 0.3 is 6.09 Å². The van der Waals surface area contributed by atoms with Crippen LogP contribution in [0.4, 0.5) is 4.79 Å². The zero-order valence-corrected chi connectivity index (χ0v) is 9.75. The summed E-state index contributed by atoms with van der Waals surface area (Å²) < 4.78 is 6.29. The Morgan fingerprint density at radius 3 is 2.59 bits per heavy atom. The minimum atomic E-state index is -0.507. The summed E-state index contributed by atoms with van der Waals surface area (Å²) in [6.45, 7) is 3.81. The molecular weight excluding hydrogens is 218 g/mol. The van der Waals surface area contributed by atoms with Crippen LogP contribution in [0.1, 0.15) is 17.0 Å². The lowest BCUT2D eigenvalue weighted by atomic mass is 10.2. The Morgan fingerprint density at radius 1 is 1.29 bits per heavy atom. The predicted octanol–water partition coefficient (Wildman–Crippen LogP) is 2.08. The molecule has 2 aromatic rings. The van der Waals surface area contributed by atoms with E-state index in [1.165, 1.54) is 0 Å². The van der Waals surface area contributed by atoms with Gasteiger partial charge < -0.3 is 4.74 Å². The number of benzene rings is 1. The Kier molecular flexibility index (Phi) is 3.18. The summed E-state index contributed by atoms with van der Waals surface area (Å²) in [5, 5.41) is 7.52. The minimum absolute atomic E-state index is 0.234. The van der Waals surface area contributed by atoms with E-state index in [1.807, 2.05) is 30.3 Å². The number of hydrogen-bond acceptors (Lipinski definition) is 4. The van der Waals surface area contributed by atoms with Gasteiger partial charge in [0, 0.05) is 0 Å². The van der Waals surface area contributed by atoms with Gasteiger partial charge in [0.1, 0.15) is 6.61 Å². The van der Waals surface area contributed by atoms with Crippen molar-refractivity contribution in [2.24, 2.45) is 0 Å². The smallest absolute Gasteiger partial charge is 0.436 e. The summed E-state index contributed by atoms with van der Waals surface area (Å²) in [6.07, 6.45) is -0.507. The van der Waals surface area contributed by atoms with E-state index in [4.69, 9.17) is 4.74 Å². The Labute approximate surface area is 99.0 Å². The molecule has 0 unspecified atom stereocenters. The maximum Gasteiger partial charge on any atom is 0.436 e. The first kappa shape index (κ1) is 11.3. The van der Waals surface area contributed by atoms with Gasteiger partial charge in [0.2, 0.25) is 0 Å². The molecule has 0 N–H and O–H groups in total. The molecule has 5 heteroatoms. The highest BCUT2D eigenvalue weighted by molar-refractivity contribution is 5.70. The molecule has 0 spiro atoms. The molecule has 17 heavy (non-hydrogen) atoms. The van der Waals surface area contributed by atoms with Crippen LogP contribution in [0.15, 0.2) is 30.3 Å². The third kappa shape index (κ3) is 2.50. The van der Waals surface area contributed by atoms with Gasteiger partial charge in [-0.3, -0.25) is 0 Å². The van der Waals surface area contributed by atoms with Crippen molar-refractivity contribution in [3.63, 3.8) is 0 Å². The van der Waals surface area contributed by atoms with Gasteiger partial charge in [-0.15, -0.1) is 9.78 Å². The molecule has 0 amide bonds. The summed E-state index contributed by atoms with van der Waals surface area (Å²) in [6, 6.07) is 9.50. The molecule has 0 saturated carbocycles. The number of carbonyl (C=O) groups is 1. The number of rotatable bonds is 2. The molecule has 0 aliphatic carbocycles. The maximum absolute atomic E-state index is 11.7. The fraction of sp³-hybridized carbons (Fsp3) is 0.250. The van der Waals surface area contributed by atoms with Crippen LogP contribution in [0.3, 0.4) is 0 Å². The van der Waals surface area contributed by atoms with Crippen LogP contribution >= 0.6 is 0 Å². The summed E-state index contributed by atoms with van der Waals surface area (Å²) in [7, 11) is 0. The van der Waals surface area contributed by atoms with Gasteiger partial charge in [-0.1, -0.05) is 35.5 Å². The van der Waals surface area contributed by atoms with E-state index in [1.54, 1.807) is 13.8 Å². The molecule has 5 nitrogen and oxygen atoms in total. The third-order valence-corrected chi connectivity index (χ3v) is 2.50.